The maximum Gasteiger partial charge on any atom is 0.437 e. The Morgan fingerprint density at radius 2 is 1.91 bits per heavy atom. The number of rotatable bonds is 7. The molecule has 0 aliphatic carbocycles. The van der Waals surface area contributed by atoms with Gasteiger partial charge in [-0.2, -0.15) is 4.68 Å². The Morgan fingerprint density at radius 1 is 1.26 bits per heavy atom. The lowest BCUT2D eigenvalue weighted by atomic mass is 9.99. The molecule has 6 nitrogen and oxygen atoms in total. The van der Waals surface area contributed by atoms with Gasteiger partial charge in [-0.15, -0.1) is 5.10 Å². The van der Waals surface area contributed by atoms with E-state index in [-0.39, 0.29) is 18.1 Å². The summed E-state index contributed by atoms with van der Waals surface area (Å²) in [4.78, 5) is 13.8. The largest absolute Gasteiger partial charge is 0.437 e. The van der Waals surface area contributed by atoms with E-state index in [1.165, 1.54) is 10.2 Å². The number of hydrogen-bond donors (Lipinski definition) is 1. The van der Waals surface area contributed by atoms with E-state index in [0.717, 1.165) is 0 Å². The van der Waals surface area contributed by atoms with Crippen molar-refractivity contribution in [3.8, 4) is 0 Å². The molecule has 0 fully saturated rings. The molecule has 126 valence electrons. The van der Waals surface area contributed by atoms with Crippen molar-refractivity contribution >= 4 is 0 Å². The predicted octanol–water partition coefficient (Wildman–Crippen LogP) is 1.81. The van der Waals surface area contributed by atoms with Gasteiger partial charge in [-0.1, -0.05) is 30.3 Å². The fourth-order valence-corrected chi connectivity index (χ4v) is 3.06. The van der Waals surface area contributed by atoms with Crippen LogP contribution in [-0.4, -0.2) is 40.9 Å². The molecule has 2 aromatic rings. The molecule has 0 aliphatic heterocycles. The van der Waals surface area contributed by atoms with Crippen LogP contribution in [0, 0.1) is 6.92 Å². The summed E-state index contributed by atoms with van der Waals surface area (Å²) in [5.41, 5.74) is 1.26. The minimum Gasteiger partial charge on any atom is -0.393 e. The van der Waals surface area contributed by atoms with Crippen LogP contribution in [0.15, 0.2) is 39.5 Å². The first kappa shape index (κ1) is 17.4. The molecule has 0 saturated heterocycles. The standard InChI is InChI=1S/C17H26N4O2/c1-12(11-21-17(22)23-14(3)19-21)18-13(2)16(20(4)5)15-9-7-6-8-10-15/h6-10,12-13,16,18H,11H2,1-5H3/t12-,13+,16-/m0/s1. The molecule has 1 aromatic carbocycles. The second-order valence-corrected chi connectivity index (χ2v) is 6.24. The molecule has 0 spiro atoms. The Bertz CT molecular complexity index is 663. The molecule has 2 rings (SSSR count). The zero-order valence-electron chi connectivity index (χ0n) is 14.5. The van der Waals surface area contributed by atoms with Crippen molar-refractivity contribution in [2.24, 2.45) is 0 Å². The summed E-state index contributed by atoms with van der Waals surface area (Å²) in [6.07, 6.45) is 0. The molecule has 0 bridgehead atoms. The van der Waals surface area contributed by atoms with Gasteiger partial charge in [-0.05, 0) is 33.5 Å². The number of aromatic nitrogens is 2. The van der Waals surface area contributed by atoms with Crippen LogP contribution >= 0.6 is 0 Å². The summed E-state index contributed by atoms with van der Waals surface area (Å²) in [5, 5.41) is 7.64. The van der Waals surface area contributed by atoms with Gasteiger partial charge in [0.15, 0.2) is 0 Å². The van der Waals surface area contributed by atoms with Gasteiger partial charge in [0.1, 0.15) is 0 Å². The molecule has 1 N–H and O–H groups in total. The highest BCUT2D eigenvalue weighted by atomic mass is 16.4. The first-order valence-corrected chi connectivity index (χ1v) is 7.90. The number of nitrogens with one attached hydrogen (secondary N) is 1. The Morgan fingerprint density at radius 3 is 2.43 bits per heavy atom. The molecule has 0 radical (unpaired) electrons. The molecule has 0 unspecified atom stereocenters. The Kier molecular flexibility index (Phi) is 5.74. The lowest BCUT2D eigenvalue weighted by Crippen LogP contribution is -2.45. The smallest absolute Gasteiger partial charge is 0.393 e. The molecule has 0 saturated carbocycles. The van der Waals surface area contributed by atoms with Gasteiger partial charge in [0.2, 0.25) is 5.89 Å². The SMILES string of the molecule is Cc1nn(C[C@H](C)N[C@H](C)[C@@H](c2ccccc2)N(C)C)c(=O)o1. The van der Waals surface area contributed by atoms with E-state index in [1.807, 2.05) is 13.0 Å². The van der Waals surface area contributed by atoms with Crippen molar-refractivity contribution in [3.05, 3.63) is 52.3 Å². The molecular formula is C17H26N4O2. The zero-order valence-corrected chi connectivity index (χ0v) is 14.5. The zero-order chi connectivity index (χ0) is 17.0. The molecule has 23 heavy (non-hydrogen) atoms. The lowest BCUT2D eigenvalue weighted by Gasteiger charge is -2.33. The van der Waals surface area contributed by atoms with Crippen molar-refractivity contribution in [3.63, 3.8) is 0 Å². The van der Waals surface area contributed by atoms with E-state index < -0.39 is 5.76 Å². The number of nitrogens with zero attached hydrogens (tertiary/aromatic N) is 3. The highest BCUT2D eigenvalue weighted by Gasteiger charge is 2.23. The van der Waals surface area contributed by atoms with Crippen molar-refractivity contribution < 1.29 is 4.42 Å². The second kappa shape index (κ2) is 7.57. The number of likely N-dealkylation sites (N-methyl/N-ethyl adjacent to an activating group) is 1. The van der Waals surface area contributed by atoms with Crippen LogP contribution in [0.1, 0.15) is 31.3 Å². The van der Waals surface area contributed by atoms with Crippen LogP contribution < -0.4 is 11.1 Å². The van der Waals surface area contributed by atoms with E-state index in [1.54, 1.807) is 6.92 Å². The number of benzene rings is 1. The van der Waals surface area contributed by atoms with Gasteiger partial charge in [0.25, 0.3) is 0 Å². The molecule has 3 atom stereocenters. The van der Waals surface area contributed by atoms with E-state index >= 15 is 0 Å². The fourth-order valence-electron chi connectivity index (χ4n) is 3.06. The third-order valence-electron chi connectivity index (χ3n) is 3.87. The molecule has 0 aliphatic rings. The number of aryl methyl sites for hydroxylation is 1. The first-order valence-electron chi connectivity index (χ1n) is 7.90. The van der Waals surface area contributed by atoms with Crippen LogP contribution in [0.25, 0.3) is 0 Å². The molecule has 0 amide bonds. The third-order valence-corrected chi connectivity index (χ3v) is 3.87. The van der Waals surface area contributed by atoms with Crippen LogP contribution in [0.5, 0.6) is 0 Å². The maximum absolute atomic E-state index is 11.6. The highest BCUT2D eigenvalue weighted by Crippen LogP contribution is 2.22. The second-order valence-electron chi connectivity index (χ2n) is 6.24. The summed E-state index contributed by atoms with van der Waals surface area (Å²) in [5.74, 6) is -0.0123. The van der Waals surface area contributed by atoms with Crippen molar-refractivity contribution in [1.82, 2.24) is 20.0 Å². The maximum atomic E-state index is 11.6. The first-order chi connectivity index (χ1) is 10.9. The Hall–Kier alpha value is -1.92. The summed E-state index contributed by atoms with van der Waals surface area (Å²) in [7, 11) is 4.15. The summed E-state index contributed by atoms with van der Waals surface area (Å²) >= 11 is 0. The average molecular weight is 318 g/mol. The topological polar surface area (TPSA) is 63.3 Å². The van der Waals surface area contributed by atoms with E-state index in [4.69, 9.17) is 4.42 Å². The Balaban J connectivity index is 2.05. The van der Waals surface area contributed by atoms with Crippen LogP contribution in [0.4, 0.5) is 0 Å². The molecule has 6 heteroatoms. The van der Waals surface area contributed by atoms with Crippen molar-refractivity contribution in [2.45, 2.75) is 45.4 Å². The van der Waals surface area contributed by atoms with Gasteiger partial charge in [0.05, 0.1) is 6.54 Å². The molecule has 1 aromatic heterocycles. The summed E-state index contributed by atoms with van der Waals surface area (Å²) in [6, 6.07) is 11.0. The molecular weight excluding hydrogens is 292 g/mol. The van der Waals surface area contributed by atoms with Crippen molar-refractivity contribution in [2.75, 3.05) is 14.1 Å². The molecule has 1 heterocycles. The minimum atomic E-state index is -0.406. The predicted molar refractivity (Wildman–Crippen MR) is 90.4 cm³/mol. The van der Waals surface area contributed by atoms with Gasteiger partial charge in [-0.3, -0.25) is 0 Å². The average Bonchev–Trinajstić information content (AvgIpc) is 2.77. The van der Waals surface area contributed by atoms with Gasteiger partial charge in [0, 0.05) is 25.0 Å². The van der Waals surface area contributed by atoms with Crippen LogP contribution in [0.2, 0.25) is 0 Å². The third kappa shape index (κ3) is 4.53. The van der Waals surface area contributed by atoms with Crippen LogP contribution in [-0.2, 0) is 6.54 Å². The van der Waals surface area contributed by atoms with Gasteiger partial charge < -0.3 is 14.6 Å². The highest BCUT2D eigenvalue weighted by molar-refractivity contribution is 5.20. The van der Waals surface area contributed by atoms with Gasteiger partial charge >= 0.3 is 5.76 Å². The van der Waals surface area contributed by atoms with Gasteiger partial charge in [-0.25, -0.2) is 4.79 Å². The minimum absolute atomic E-state index is 0.0957. The lowest BCUT2D eigenvalue weighted by molar-refractivity contribution is 0.224. The monoisotopic (exact) mass is 318 g/mol. The number of hydrogen-bond acceptors (Lipinski definition) is 5. The van der Waals surface area contributed by atoms with E-state index in [2.05, 4.69) is 60.6 Å². The van der Waals surface area contributed by atoms with Crippen molar-refractivity contribution in [1.29, 1.82) is 0 Å². The summed E-state index contributed by atoms with van der Waals surface area (Å²) < 4.78 is 6.30. The Labute approximate surface area is 137 Å². The van der Waals surface area contributed by atoms with E-state index in [0.29, 0.717) is 12.4 Å². The van der Waals surface area contributed by atoms with Crippen LogP contribution in [0.3, 0.4) is 0 Å². The summed E-state index contributed by atoms with van der Waals surface area (Å²) in [6.45, 7) is 6.36. The van der Waals surface area contributed by atoms with E-state index in [9.17, 15) is 4.79 Å². The fraction of sp³-hybridized carbons (Fsp3) is 0.529. The quantitative estimate of drug-likeness (QED) is 0.843. The normalized spacial score (nSPS) is 15.6.